The van der Waals surface area contributed by atoms with Crippen LogP contribution in [0.4, 0.5) is 0 Å². The zero-order chi connectivity index (χ0) is 15.1. The molecule has 0 unspecified atom stereocenters. The van der Waals surface area contributed by atoms with Gasteiger partial charge in [-0.2, -0.15) is 5.26 Å². The summed E-state index contributed by atoms with van der Waals surface area (Å²) in [7, 11) is 1.72. The van der Waals surface area contributed by atoms with Gasteiger partial charge in [0.15, 0.2) is 5.16 Å². The van der Waals surface area contributed by atoms with Crippen LogP contribution in [0.15, 0.2) is 5.16 Å². The Labute approximate surface area is 124 Å². The fourth-order valence-electron chi connectivity index (χ4n) is 1.57. The quantitative estimate of drug-likeness (QED) is 0.594. The molecule has 0 fully saturated rings. The van der Waals surface area contributed by atoms with Crippen molar-refractivity contribution in [3.05, 3.63) is 17.0 Å². The molecular weight excluding hydrogens is 272 g/mol. The van der Waals surface area contributed by atoms with Crippen LogP contribution in [0.5, 0.6) is 0 Å². The number of rotatable bonds is 6. The third kappa shape index (κ3) is 4.82. The highest BCUT2D eigenvalue weighted by Gasteiger charge is 2.10. The Bertz CT molecular complexity index is 501. The molecule has 1 aromatic heterocycles. The van der Waals surface area contributed by atoms with Crippen LogP contribution in [0, 0.1) is 32.1 Å². The maximum Gasteiger partial charge on any atom is 0.223 e. The Morgan fingerprint density at radius 1 is 1.30 bits per heavy atom. The third-order valence-electron chi connectivity index (χ3n) is 3.14. The molecule has 0 saturated carbocycles. The summed E-state index contributed by atoms with van der Waals surface area (Å²) in [6, 6.07) is 2.03. The fourth-order valence-corrected chi connectivity index (χ4v) is 2.43. The highest BCUT2D eigenvalue weighted by Crippen LogP contribution is 2.18. The first kappa shape index (κ1) is 16.4. The van der Waals surface area contributed by atoms with Crippen molar-refractivity contribution >= 4 is 17.7 Å². The van der Waals surface area contributed by atoms with Crippen LogP contribution in [0.1, 0.15) is 29.8 Å². The molecule has 0 aliphatic heterocycles. The molecule has 0 aromatic carbocycles. The van der Waals surface area contributed by atoms with Gasteiger partial charge in [-0.15, -0.1) is 0 Å². The van der Waals surface area contributed by atoms with Gasteiger partial charge in [0.2, 0.25) is 5.91 Å². The Hall–Kier alpha value is -1.61. The van der Waals surface area contributed by atoms with Crippen LogP contribution in [-0.2, 0) is 4.79 Å². The summed E-state index contributed by atoms with van der Waals surface area (Å²) < 4.78 is 0. The number of thioether (sulfide) groups is 1. The Kier molecular flexibility index (Phi) is 6.46. The molecule has 20 heavy (non-hydrogen) atoms. The molecule has 0 aliphatic rings. The monoisotopic (exact) mass is 292 g/mol. The molecule has 1 amide bonds. The van der Waals surface area contributed by atoms with E-state index in [1.165, 1.54) is 11.8 Å². The first-order valence-electron chi connectivity index (χ1n) is 6.51. The number of hydrogen-bond acceptors (Lipinski definition) is 5. The van der Waals surface area contributed by atoms with Gasteiger partial charge >= 0.3 is 0 Å². The molecule has 0 N–H and O–H groups in total. The van der Waals surface area contributed by atoms with E-state index in [0.717, 1.165) is 22.1 Å². The molecule has 0 spiro atoms. The third-order valence-corrected chi connectivity index (χ3v) is 3.99. The lowest BCUT2D eigenvalue weighted by molar-refractivity contribution is -0.129. The van der Waals surface area contributed by atoms with Gasteiger partial charge in [-0.05, 0) is 26.3 Å². The van der Waals surface area contributed by atoms with Crippen molar-refractivity contribution in [3.8, 4) is 6.07 Å². The summed E-state index contributed by atoms with van der Waals surface area (Å²) in [5.41, 5.74) is 3.08. The van der Waals surface area contributed by atoms with Gasteiger partial charge < -0.3 is 4.90 Å². The van der Waals surface area contributed by atoms with E-state index in [0.29, 0.717) is 25.1 Å². The minimum atomic E-state index is 0.0494. The Balaban J connectivity index is 2.45. The second-order valence-corrected chi connectivity index (χ2v) is 5.69. The summed E-state index contributed by atoms with van der Waals surface area (Å²) in [6.45, 7) is 6.43. The second-order valence-electron chi connectivity index (χ2n) is 4.62. The summed E-state index contributed by atoms with van der Waals surface area (Å²) in [5.74, 6) is 0.700. The summed E-state index contributed by atoms with van der Waals surface area (Å²) in [6.07, 6.45) is 0.802. The molecule has 1 aromatic rings. The predicted molar refractivity (Wildman–Crippen MR) is 79.5 cm³/mol. The van der Waals surface area contributed by atoms with E-state index in [1.54, 1.807) is 11.9 Å². The normalized spacial score (nSPS) is 10.2. The summed E-state index contributed by atoms with van der Waals surface area (Å²) >= 11 is 1.49. The molecule has 0 aliphatic carbocycles. The molecule has 6 heteroatoms. The van der Waals surface area contributed by atoms with Gasteiger partial charge in [-0.1, -0.05) is 11.8 Å². The molecule has 1 heterocycles. The number of aryl methyl sites for hydroxylation is 2. The zero-order valence-electron chi connectivity index (χ0n) is 12.4. The van der Waals surface area contributed by atoms with E-state index in [4.69, 9.17) is 5.26 Å². The average molecular weight is 292 g/mol. The summed E-state index contributed by atoms with van der Waals surface area (Å²) in [4.78, 5) is 22.2. The smallest absolute Gasteiger partial charge is 0.223 e. The highest BCUT2D eigenvalue weighted by molar-refractivity contribution is 7.99. The van der Waals surface area contributed by atoms with Crippen molar-refractivity contribution in [1.82, 2.24) is 14.9 Å². The van der Waals surface area contributed by atoms with E-state index in [9.17, 15) is 4.79 Å². The molecule has 0 saturated heterocycles. The van der Waals surface area contributed by atoms with E-state index in [2.05, 4.69) is 9.97 Å². The van der Waals surface area contributed by atoms with Gasteiger partial charge in [-0.25, -0.2) is 9.97 Å². The Morgan fingerprint density at radius 2 is 1.90 bits per heavy atom. The van der Waals surface area contributed by atoms with Crippen molar-refractivity contribution < 1.29 is 4.79 Å². The number of nitriles is 1. The first-order valence-corrected chi connectivity index (χ1v) is 7.49. The van der Waals surface area contributed by atoms with Crippen molar-refractivity contribution in [2.75, 3.05) is 19.3 Å². The van der Waals surface area contributed by atoms with Crippen LogP contribution >= 0.6 is 11.8 Å². The van der Waals surface area contributed by atoms with E-state index < -0.39 is 0 Å². The predicted octanol–water partition coefficient (Wildman–Crippen LogP) is 2.26. The van der Waals surface area contributed by atoms with Crippen molar-refractivity contribution in [2.24, 2.45) is 0 Å². The number of nitrogens with zero attached hydrogens (tertiary/aromatic N) is 4. The van der Waals surface area contributed by atoms with Crippen LogP contribution < -0.4 is 0 Å². The van der Waals surface area contributed by atoms with Crippen molar-refractivity contribution in [3.63, 3.8) is 0 Å². The maximum absolute atomic E-state index is 11.8. The lowest BCUT2D eigenvalue weighted by atomic mass is 10.2. The number of amides is 1. The van der Waals surface area contributed by atoms with Crippen LogP contribution in [0.25, 0.3) is 0 Å². The molecule has 5 nitrogen and oxygen atoms in total. The minimum absolute atomic E-state index is 0.0494. The standard InChI is InChI=1S/C14H20N4OS/c1-10-11(2)16-14(17-12(10)3)20-9-6-13(19)18(4)8-5-7-15/h5-6,8-9H2,1-4H3. The van der Waals surface area contributed by atoms with Gasteiger partial charge in [0.05, 0.1) is 12.5 Å². The summed E-state index contributed by atoms with van der Waals surface area (Å²) in [5, 5.41) is 9.21. The molecule has 0 bridgehead atoms. The molecule has 0 atom stereocenters. The van der Waals surface area contributed by atoms with Crippen LogP contribution in [-0.4, -0.2) is 40.1 Å². The van der Waals surface area contributed by atoms with Gasteiger partial charge in [0.1, 0.15) is 0 Å². The van der Waals surface area contributed by atoms with Crippen molar-refractivity contribution in [2.45, 2.75) is 38.8 Å². The van der Waals surface area contributed by atoms with Crippen molar-refractivity contribution in [1.29, 1.82) is 5.26 Å². The molecule has 1 rings (SSSR count). The van der Waals surface area contributed by atoms with E-state index >= 15 is 0 Å². The van der Waals surface area contributed by atoms with Gasteiger partial charge in [0, 0.05) is 37.2 Å². The topological polar surface area (TPSA) is 69.9 Å². The molecule has 108 valence electrons. The molecule has 0 radical (unpaired) electrons. The number of aromatic nitrogens is 2. The van der Waals surface area contributed by atoms with Crippen LogP contribution in [0.2, 0.25) is 0 Å². The first-order chi connectivity index (χ1) is 9.45. The fraction of sp³-hybridized carbons (Fsp3) is 0.571. The zero-order valence-corrected chi connectivity index (χ0v) is 13.3. The lowest BCUT2D eigenvalue weighted by Gasteiger charge is -2.15. The number of hydrogen-bond donors (Lipinski definition) is 0. The SMILES string of the molecule is Cc1nc(SCCC(=O)N(C)CCC#N)nc(C)c1C. The van der Waals surface area contributed by atoms with Gasteiger partial charge in [0.25, 0.3) is 0 Å². The molecular formula is C14H20N4OS. The lowest BCUT2D eigenvalue weighted by Crippen LogP contribution is -2.27. The number of carbonyl (C=O) groups excluding carboxylic acids is 1. The maximum atomic E-state index is 11.8. The average Bonchev–Trinajstić information content (AvgIpc) is 2.41. The second kappa shape index (κ2) is 7.85. The van der Waals surface area contributed by atoms with Gasteiger partial charge in [-0.3, -0.25) is 4.79 Å². The Morgan fingerprint density at radius 3 is 2.45 bits per heavy atom. The minimum Gasteiger partial charge on any atom is -0.345 e. The van der Waals surface area contributed by atoms with Crippen LogP contribution in [0.3, 0.4) is 0 Å². The largest absolute Gasteiger partial charge is 0.345 e. The van der Waals surface area contributed by atoms with E-state index in [-0.39, 0.29) is 5.91 Å². The van der Waals surface area contributed by atoms with E-state index in [1.807, 2.05) is 26.8 Å². The highest BCUT2D eigenvalue weighted by atomic mass is 32.2. The number of carbonyl (C=O) groups is 1.